The molecule has 2 fully saturated rings. The smallest absolute Gasteiger partial charge is 0.0572 e. The number of hydrogen-bond donors (Lipinski definition) is 0. The molecule has 0 bridgehead atoms. The van der Waals surface area contributed by atoms with Gasteiger partial charge in [-0.15, -0.1) is 0 Å². The molecule has 0 unspecified atom stereocenters. The number of methoxy groups -OCH3 is 1. The molecule has 0 aromatic carbocycles. The molecule has 17 heavy (non-hydrogen) atoms. The second-order valence-electron chi connectivity index (χ2n) is 5.83. The van der Waals surface area contributed by atoms with Gasteiger partial charge in [0, 0.05) is 45.4 Å². The molecule has 0 N–H and O–H groups in total. The van der Waals surface area contributed by atoms with Crippen LogP contribution in [0.2, 0.25) is 0 Å². The second-order valence-corrected chi connectivity index (χ2v) is 5.83. The van der Waals surface area contributed by atoms with Crippen LogP contribution < -0.4 is 0 Å². The lowest BCUT2D eigenvalue weighted by Crippen LogP contribution is -2.52. The monoisotopic (exact) mass is 240 g/mol. The maximum absolute atomic E-state index is 5.45. The molecule has 0 amide bonds. The van der Waals surface area contributed by atoms with E-state index in [1.807, 2.05) is 7.11 Å². The standard InChI is InChI=1S/C14H28N2O/c1-12(2)15-8-10-16(11-9-15)13-4-6-14(17-3)7-5-13/h12-14H,4-11H2,1-3H3. The Balaban J connectivity index is 1.74. The highest BCUT2D eigenvalue weighted by molar-refractivity contribution is 4.84. The summed E-state index contributed by atoms with van der Waals surface area (Å²) in [6.07, 6.45) is 5.71. The van der Waals surface area contributed by atoms with Gasteiger partial charge in [0.15, 0.2) is 0 Å². The molecule has 1 aliphatic carbocycles. The fourth-order valence-electron chi connectivity index (χ4n) is 3.27. The maximum atomic E-state index is 5.45. The lowest BCUT2D eigenvalue weighted by molar-refractivity contribution is 0.0184. The van der Waals surface area contributed by atoms with Crippen molar-refractivity contribution in [1.29, 1.82) is 0 Å². The quantitative estimate of drug-likeness (QED) is 0.750. The van der Waals surface area contributed by atoms with Crippen LogP contribution in [0.4, 0.5) is 0 Å². The van der Waals surface area contributed by atoms with Crippen molar-refractivity contribution in [2.45, 2.75) is 57.7 Å². The van der Waals surface area contributed by atoms with Gasteiger partial charge < -0.3 is 4.74 Å². The molecule has 3 nitrogen and oxygen atoms in total. The Morgan fingerprint density at radius 2 is 1.53 bits per heavy atom. The van der Waals surface area contributed by atoms with Gasteiger partial charge in [0.05, 0.1) is 6.10 Å². The lowest BCUT2D eigenvalue weighted by atomic mass is 9.91. The molecule has 1 aliphatic heterocycles. The molecule has 1 saturated heterocycles. The SMILES string of the molecule is COC1CCC(N2CCN(C(C)C)CC2)CC1. The van der Waals surface area contributed by atoms with Crippen molar-refractivity contribution in [3.8, 4) is 0 Å². The highest BCUT2D eigenvalue weighted by Crippen LogP contribution is 2.25. The number of hydrogen-bond acceptors (Lipinski definition) is 3. The minimum absolute atomic E-state index is 0.531. The highest BCUT2D eigenvalue weighted by atomic mass is 16.5. The van der Waals surface area contributed by atoms with Crippen molar-refractivity contribution < 1.29 is 4.74 Å². The van der Waals surface area contributed by atoms with E-state index in [4.69, 9.17) is 4.74 Å². The van der Waals surface area contributed by atoms with Crippen molar-refractivity contribution in [1.82, 2.24) is 9.80 Å². The van der Waals surface area contributed by atoms with E-state index < -0.39 is 0 Å². The third-order valence-electron chi connectivity index (χ3n) is 4.57. The van der Waals surface area contributed by atoms with E-state index in [0.717, 1.165) is 6.04 Å². The van der Waals surface area contributed by atoms with Crippen LogP contribution in [-0.4, -0.2) is 61.3 Å². The minimum atomic E-state index is 0.531. The van der Waals surface area contributed by atoms with Crippen LogP contribution in [0.5, 0.6) is 0 Å². The Morgan fingerprint density at radius 1 is 0.941 bits per heavy atom. The zero-order chi connectivity index (χ0) is 12.3. The van der Waals surface area contributed by atoms with Crippen molar-refractivity contribution >= 4 is 0 Å². The molecule has 2 rings (SSSR count). The summed E-state index contributed by atoms with van der Waals surface area (Å²) in [6.45, 7) is 9.64. The average Bonchev–Trinajstić information content (AvgIpc) is 2.39. The zero-order valence-corrected chi connectivity index (χ0v) is 11.7. The maximum Gasteiger partial charge on any atom is 0.0572 e. The fraction of sp³-hybridized carbons (Fsp3) is 1.00. The van der Waals surface area contributed by atoms with E-state index in [9.17, 15) is 0 Å². The predicted molar refractivity (Wildman–Crippen MR) is 71.3 cm³/mol. The van der Waals surface area contributed by atoms with E-state index in [2.05, 4.69) is 23.6 Å². The van der Waals surface area contributed by atoms with Gasteiger partial charge in [0.2, 0.25) is 0 Å². The summed E-state index contributed by atoms with van der Waals surface area (Å²) in [5.74, 6) is 0. The fourth-order valence-corrected chi connectivity index (χ4v) is 3.27. The summed E-state index contributed by atoms with van der Waals surface area (Å²) in [6, 6.07) is 1.54. The molecule has 1 heterocycles. The first-order valence-electron chi connectivity index (χ1n) is 7.21. The van der Waals surface area contributed by atoms with Gasteiger partial charge in [0.1, 0.15) is 0 Å². The Hall–Kier alpha value is -0.120. The van der Waals surface area contributed by atoms with Crippen LogP contribution in [0, 0.1) is 0 Å². The van der Waals surface area contributed by atoms with Gasteiger partial charge in [-0.25, -0.2) is 0 Å². The van der Waals surface area contributed by atoms with E-state index >= 15 is 0 Å². The van der Waals surface area contributed by atoms with E-state index in [0.29, 0.717) is 12.1 Å². The van der Waals surface area contributed by atoms with Crippen LogP contribution in [0.25, 0.3) is 0 Å². The van der Waals surface area contributed by atoms with Gasteiger partial charge >= 0.3 is 0 Å². The minimum Gasteiger partial charge on any atom is -0.381 e. The molecule has 0 radical (unpaired) electrons. The van der Waals surface area contributed by atoms with E-state index in [1.54, 1.807) is 0 Å². The normalized spacial score (nSPS) is 33.2. The summed E-state index contributed by atoms with van der Waals surface area (Å²) < 4.78 is 5.45. The molecule has 0 spiro atoms. The van der Waals surface area contributed by atoms with Gasteiger partial charge in [-0.1, -0.05) is 0 Å². The topological polar surface area (TPSA) is 15.7 Å². The first-order chi connectivity index (χ1) is 8.20. The first-order valence-corrected chi connectivity index (χ1v) is 7.21. The number of ether oxygens (including phenoxy) is 1. The number of nitrogens with zero attached hydrogens (tertiary/aromatic N) is 2. The van der Waals surface area contributed by atoms with Crippen molar-refractivity contribution in [3.63, 3.8) is 0 Å². The number of rotatable bonds is 3. The molecular weight excluding hydrogens is 212 g/mol. The van der Waals surface area contributed by atoms with Crippen LogP contribution in [0.3, 0.4) is 0 Å². The van der Waals surface area contributed by atoms with Crippen molar-refractivity contribution in [2.24, 2.45) is 0 Å². The van der Waals surface area contributed by atoms with Gasteiger partial charge in [-0.2, -0.15) is 0 Å². The number of piperazine rings is 1. The summed E-state index contributed by atoms with van der Waals surface area (Å²) in [5, 5.41) is 0. The summed E-state index contributed by atoms with van der Waals surface area (Å²) in [5.41, 5.74) is 0. The zero-order valence-electron chi connectivity index (χ0n) is 11.7. The average molecular weight is 240 g/mol. The first kappa shape index (κ1) is 13.3. The Kier molecular flexibility index (Phi) is 4.83. The molecule has 0 atom stereocenters. The Bertz CT molecular complexity index is 216. The summed E-state index contributed by atoms with van der Waals surface area (Å²) >= 11 is 0. The van der Waals surface area contributed by atoms with Crippen LogP contribution in [0.1, 0.15) is 39.5 Å². The third kappa shape index (κ3) is 3.43. The van der Waals surface area contributed by atoms with Crippen LogP contribution >= 0.6 is 0 Å². The van der Waals surface area contributed by atoms with E-state index in [1.165, 1.54) is 51.9 Å². The van der Waals surface area contributed by atoms with Crippen LogP contribution in [0.15, 0.2) is 0 Å². The van der Waals surface area contributed by atoms with Crippen LogP contribution in [-0.2, 0) is 4.74 Å². The molecule has 0 aromatic rings. The molecule has 100 valence electrons. The molecule has 0 aromatic heterocycles. The van der Waals surface area contributed by atoms with E-state index in [-0.39, 0.29) is 0 Å². The summed E-state index contributed by atoms with van der Waals surface area (Å²) in [7, 11) is 1.85. The summed E-state index contributed by atoms with van der Waals surface area (Å²) in [4.78, 5) is 5.31. The molecular formula is C14H28N2O. The molecule has 3 heteroatoms. The third-order valence-corrected chi connectivity index (χ3v) is 4.57. The highest BCUT2D eigenvalue weighted by Gasteiger charge is 2.28. The largest absolute Gasteiger partial charge is 0.381 e. The second kappa shape index (κ2) is 6.17. The lowest BCUT2D eigenvalue weighted by Gasteiger charge is -2.42. The van der Waals surface area contributed by atoms with Gasteiger partial charge in [-0.3, -0.25) is 9.80 Å². The predicted octanol–water partition coefficient (Wildman–Crippen LogP) is 1.97. The van der Waals surface area contributed by atoms with Gasteiger partial charge in [-0.05, 0) is 39.5 Å². The Morgan fingerprint density at radius 3 is 2.00 bits per heavy atom. The van der Waals surface area contributed by atoms with Crippen molar-refractivity contribution in [2.75, 3.05) is 33.3 Å². The molecule has 1 saturated carbocycles. The van der Waals surface area contributed by atoms with Crippen molar-refractivity contribution in [3.05, 3.63) is 0 Å². The Labute approximate surface area is 106 Å². The molecule has 2 aliphatic rings. The van der Waals surface area contributed by atoms with Gasteiger partial charge in [0.25, 0.3) is 0 Å².